The van der Waals surface area contributed by atoms with Crippen molar-refractivity contribution >= 4 is 11.0 Å². The lowest BCUT2D eigenvalue weighted by molar-refractivity contribution is 0.381. The first-order valence-electron chi connectivity index (χ1n) is 3.41. The van der Waals surface area contributed by atoms with Gasteiger partial charge in [0.1, 0.15) is 0 Å². The maximum atomic E-state index is 12.9. The van der Waals surface area contributed by atoms with Crippen LogP contribution in [0, 0.1) is 0 Å². The molecule has 0 aliphatic carbocycles. The molecule has 0 fully saturated rings. The van der Waals surface area contributed by atoms with Crippen molar-refractivity contribution in [3.63, 3.8) is 0 Å². The highest BCUT2D eigenvalue weighted by Gasteiger charge is 2.00. The Morgan fingerprint density at radius 1 is 1.42 bits per heavy atom. The summed E-state index contributed by atoms with van der Waals surface area (Å²) in [7, 11) is 0. The van der Waals surface area contributed by atoms with Crippen LogP contribution in [0.15, 0.2) is 35.4 Å². The molecule has 0 spiro atoms. The highest BCUT2D eigenvalue weighted by molar-refractivity contribution is 5.73. The van der Waals surface area contributed by atoms with E-state index in [1.54, 1.807) is 12.1 Å². The summed E-state index contributed by atoms with van der Waals surface area (Å²) in [6.07, 6.45) is 2.50. The second kappa shape index (κ2) is 2.41. The van der Waals surface area contributed by atoms with Gasteiger partial charge in [-0.1, -0.05) is 4.48 Å². The SMILES string of the molecule is O=c1ccn(F)c2ncccc12. The van der Waals surface area contributed by atoms with E-state index in [9.17, 15) is 9.28 Å². The minimum atomic E-state index is -0.216. The zero-order chi connectivity index (χ0) is 8.55. The summed E-state index contributed by atoms with van der Waals surface area (Å²) in [5.41, 5.74) is -0.156. The first-order valence-corrected chi connectivity index (χ1v) is 3.41. The number of aromatic nitrogens is 2. The highest BCUT2D eigenvalue weighted by atomic mass is 19.2. The molecule has 0 radical (unpaired) electrons. The zero-order valence-corrected chi connectivity index (χ0v) is 6.07. The van der Waals surface area contributed by atoms with Gasteiger partial charge in [0.25, 0.3) is 0 Å². The number of pyridine rings is 2. The summed E-state index contributed by atoms with van der Waals surface area (Å²) in [4.78, 5) is 15.2. The van der Waals surface area contributed by atoms with Gasteiger partial charge in [-0.25, -0.2) is 4.98 Å². The molecule has 0 N–H and O–H groups in total. The fourth-order valence-corrected chi connectivity index (χ4v) is 1.05. The topological polar surface area (TPSA) is 34.9 Å². The first kappa shape index (κ1) is 6.97. The van der Waals surface area contributed by atoms with Crippen molar-refractivity contribution in [2.75, 3.05) is 0 Å². The average Bonchev–Trinajstić information content (AvgIpc) is 2.12. The Hall–Kier alpha value is -1.71. The summed E-state index contributed by atoms with van der Waals surface area (Å²) in [6.45, 7) is 0. The molecule has 2 aromatic heterocycles. The maximum absolute atomic E-state index is 12.9. The summed E-state index contributed by atoms with van der Waals surface area (Å²) in [5, 5.41) is 0.294. The van der Waals surface area contributed by atoms with Crippen molar-refractivity contribution in [2.24, 2.45) is 0 Å². The molecule has 2 aromatic rings. The number of fused-ring (bicyclic) bond motifs is 1. The predicted octanol–water partition coefficient (Wildman–Crippen LogP) is 1.13. The van der Waals surface area contributed by atoms with Gasteiger partial charge in [0, 0.05) is 18.5 Å². The van der Waals surface area contributed by atoms with Crippen LogP contribution in [0.4, 0.5) is 4.48 Å². The summed E-state index contributed by atoms with van der Waals surface area (Å²) in [5.74, 6) is 0. The molecule has 12 heavy (non-hydrogen) atoms. The number of hydrogen-bond acceptors (Lipinski definition) is 2. The number of halogens is 1. The van der Waals surface area contributed by atoms with Gasteiger partial charge in [-0.2, -0.15) is 4.79 Å². The molecule has 0 aromatic carbocycles. The van der Waals surface area contributed by atoms with E-state index in [0.717, 1.165) is 6.20 Å². The van der Waals surface area contributed by atoms with Gasteiger partial charge in [0.15, 0.2) is 11.1 Å². The third kappa shape index (κ3) is 0.887. The van der Waals surface area contributed by atoms with Gasteiger partial charge < -0.3 is 0 Å². The Morgan fingerprint density at radius 3 is 3.00 bits per heavy atom. The number of nitrogens with zero attached hydrogens (tertiary/aromatic N) is 2. The van der Waals surface area contributed by atoms with Crippen molar-refractivity contribution in [3.05, 3.63) is 40.8 Å². The van der Waals surface area contributed by atoms with Gasteiger partial charge in [0.05, 0.1) is 5.39 Å². The van der Waals surface area contributed by atoms with E-state index in [1.165, 1.54) is 12.3 Å². The first-order chi connectivity index (χ1) is 5.79. The standard InChI is InChI=1S/C8H5FN2O/c9-11-5-3-7(12)6-2-1-4-10-8(6)11/h1-5H. The highest BCUT2D eigenvalue weighted by Crippen LogP contribution is 2.04. The summed E-state index contributed by atoms with van der Waals surface area (Å²) < 4.78 is 12.9. The maximum Gasteiger partial charge on any atom is 0.191 e. The minimum Gasteiger partial charge on any atom is -0.289 e. The van der Waals surface area contributed by atoms with Gasteiger partial charge in [-0.05, 0) is 12.1 Å². The van der Waals surface area contributed by atoms with Crippen LogP contribution in [0.3, 0.4) is 0 Å². The normalized spacial score (nSPS) is 10.4. The molecule has 0 saturated carbocycles. The van der Waals surface area contributed by atoms with Crippen LogP contribution in [-0.2, 0) is 0 Å². The molecule has 0 bridgehead atoms. The largest absolute Gasteiger partial charge is 0.289 e. The molecule has 0 amide bonds. The molecule has 0 unspecified atom stereocenters. The van der Waals surface area contributed by atoms with Crippen LogP contribution in [-0.4, -0.2) is 9.77 Å². The third-order valence-electron chi connectivity index (χ3n) is 1.61. The van der Waals surface area contributed by atoms with Crippen LogP contribution < -0.4 is 5.43 Å². The van der Waals surface area contributed by atoms with Crippen LogP contribution in [0.5, 0.6) is 0 Å². The molecular weight excluding hydrogens is 159 g/mol. The second-order valence-electron chi connectivity index (χ2n) is 2.37. The monoisotopic (exact) mass is 164 g/mol. The Morgan fingerprint density at radius 2 is 2.25 bits per heavy atom. The van der Waals surface area contributed by atoms with Gasteiger partial charge in [-0.3, -0.25) is 4.79 Å². The van der Waals surface area contributed by atoms with E-state index in [0.29, 0.717) is 10.2 Å². The van der Waals surface area contributed by atoms with E-state index >= 15 is 0 Å². The predicted molar refractivity (Wildman–Crippen MR) is 42.5 cm³/mol. The second-order valence-corrected chi connectivity index (χ2v) is 2.37. The summed E-state index contributed by atoms with van der Waals surface area (Å²) in [6, 6.07) is 4.31. The van der Waals surface area contributed by atoms with Crippen molar-refractivity contribution < 1.29 is 4.48 Å². The molecule has 0 saturated heterocycles. The van der Waals surface area contributed by atoms with Gasteiger partial charge in [0.2, 0.25) is 0 Å². The van der Waals surface area contributed by atoms with Crippen molar-refractivity contribution in [2.45, 2.75) is 0 Å². The van der Waals surface area contributed by atoms with E-state index in [1.807, 2.05) is 0 Å². The molecule has 60 valence electrons. The van der Waals surface area contributed by atoms with Gasteiger partial charge in [-0.15, -0.1) is 0 Å². The fourth-order valence-electron chi connectivity index (χ4n) is 1.05. The lowest BCUT2D eigenvalue weighted by atomic mass is 10.3. The molecule has 0 aliphatic rings. The Labute approximate surface area is 67.0 Å². The zero-order valence-electron chi connectivity index (χ0n) is 6.07. The van der Waals surface area contributed by atoms with Crippen molar-refractivity contribution in [3.8, 4) is 0 Å². The Balaban J connectivity index is 3.05. The van der Waals surface area contributed by atoms with Crippen LogP contribution in [0.1, 0.15) is 0 Å². The average molecular weight is 164 g/mol. The molecule has 3 nitrogen and oxygen atoms in total. The molecule has 0 aliphatic heterocycles. The minimum absolute atomic E-state index is 0.0602. The molecule has 2 rings (SSSR count). The van der Waals surface area contributed by atoms with Gasteiger partial charge >= 0.3 is 0 Å². The molecule has 4 heteroatoms. The lowest BCUT2D eigenvalue weighted by Crippen LogP contribution is -2.03. The van der Waals surface area contributed by atoms with Crippen molar-refractivity contribution in [1.82, 2.24) is 9.77 Å². The smallest absolute Gasteiger partial charge is 0.191 e. The number of rotatable bonds is 0. The molecule has 2 heterocycles. The van der Waals surface area contributed by atoms with Crippen molar-refractivity contribution in [1.29, 1.82) is 0 Å². The van der Waals surface area contributed by atoms with E-state index in [-0.39, 0.29) is 11.1 Å². The van der Waals surface area contributed by atoms with Crippen LogP contribution in [0.2, 0.25) is 0 Å². The lowest BCUT2D eigenvalue weighted by Gasteiger charge is -1.96. The fraction of sp³-hybridized carbons (Fsp3) is 0. The quantitative estimate of drug-likeness (QED) is 0.585. The van der Waals surface area contributed by atoms with Crippen LogP contribution >= 0.6 is 0 Å². The molecular formula is C8H5FN2O. The Bertz CT molecular complexity index is 478. The third-order valence-corrected chi connectivity index (χ3v) is 1.61. The van der Waals surface area contributed by atoms with E-state index in [2.05, 4.69) is 4.98 Å². The summed E-state index contributed by atoms with van der Waals surface area (Å²) >= 11 is 0. The molecule has 0 atom stereocenters. The number of hydrogen-bond donors (Lipinski definition) is 0. The van der Waals surface area contributed by atoms with Crippen LogP contribution in [0.25, 0.3) is 11.0 Å². The Kier molecular flexibility index (Phi) is 1.40. The van der Waals surface area contributed by atoms with E-state index in [4.69, 9.17) is 0 Å². The van der Waals surface area contributed by atoms with E-state index < -0.39 is 0 Å².